The second kappa shape index (κ2) is 6.80. The first kappa shape index (κ1) is 18.8. The lowest BCUT2D eigenvalue weighted by Crippen LogP contribution is -2.48. The SMILES string of the molecule is CC(C)OC(=O)C[C@H]1C[C@]2(C)C(O)CC[C@H]2[C@@H]2CCc3cc(O)ccc3[C@@H]12. The fourth-order valence-electron chi connectivity index (χ4n) is 6.57. The number of hydrogen-bond acceptors (Lipinski definition) is 4. The van der Waals surface area contributed by atoms with Crippen LogP contribution in [0.3, 0.4) is 0 Å². The average Bonchev–Trinajstić information content (AvgIpc) is 2.88. The molecule has 2 saturated carbocycles. The Labute approximate surface area is 161 Å². The molecule has 6 atom stereocenters. The highest BCUT2D eigenvalue weighted by atomic mass is 16.5. The van der Waals surface area contributed by atoms with Crippen LogP contribution in [-0.4, -0.2) is 28.4 Å². The van der Waals surface area contributed by atoms with E-state index in [1.54, 1.807) is 6.07 Å². The van der Waals surface area contributed by atoms with Crippen LogP contribution < -0.4 is 0 Å². The van der Waals surface area contributed by atoms with Gasteiger partial charge in [0.05, 0.1) is 12.2 Å². The zero-order valence-corrected chi connectivity index (χ0v) is 16.6. The van der Waals surface area contributed by atoms with Crippen LogP contribution in [0.25, 0.3) is 0 Å². The number of fused-ring (bicyclic) bond motifs is 5. The van der Waals surface area contributed by atoms with Crippen LogP contribution in [0.2, 0.25) is 0 Å². The van der Waals surface area contributed by atoms with Crippen LogP contribution in [-0.2, 0) is 16.0 Å². The van der Waals surface area contributed by atoms with Gasteiger partial charge in [0, 0.05) is 6.42 Å². The minimum absolute atomic E-state index is 0.0988. The van der Waals surface area contributed by atoms with Gasteiger partial charge in [0.25, 0.3) is 0 Å². The molecule has 4 rings (SSSR count). The van der Waals surface area contributed by atoms with Crippen molar-refractivity contribution in [2.75, 3.05) is 0 Å². The molecule has 1 aromatic carbocycles. The maximum atomic E-state index is 12.5. The van der Waals surface area contributed by atoms with E-state index in [4.69, 9.17) is 4.74 Å². The zero-order chi connectivity index (χ0) is 19.3. The first-order valence-electron chi connectivity index (χ1n) is 10.5. The fourth-order valence-corrected chi connectivity index (χ4v) is 6.57. The molecular weight excluding hydrogens is 340 g/mol. The molecule has 3 aliphatic carbocycles. The number of esters is 1. The number of aliphatic hydroxyl groups excluding tert-OH is 1. The minimum atomic E-state index is -0.270. The van der Waals surface area contributed by atoms with Crippen molar-refractivity contribution in [2.24, 2.45) is 23.2 Å². The van der Waals surface area contributed by atoms with Crippen molar-refractivity contribution in [3.8, 4) is 5.75 Å². The van der Waals surface area contributed by atoms with Gasteiger partial charge >= 0.3 is 5.97 Å². The summed E-state index contributed by atoms with van der Waals surface area (Å²) in [6.07, 6.45) is 4.90. The summed E-state index contributed by atoms with van der Waals surface area (Å²) in [7, 11) is 0. The summed E-state index contributed by atoms with van der Waals surface area (Å²) in [5, 5.41) is 20.7. The van der Waals surface area contributed by atoms with Crippen molar-refractivity contribution < 1.29 is 19.7 Å². The molecule has 0 spiro atoms. The Morgan fingerprint density at radius 2 is 2.07 bits per heavy atom. The van der Waals surface area contributed by atoms with Gasteiger partial charge in [-0.1, -0.05) is 13.0 Å². The molecule has 0 bridgehead atoms. The van der Waals surface area contributed by atoms with Gasteiger partial charge in [0.15, 0.2) is 0 Å². The van der Waals surface area contributed by atoms with Crippen LogP contribution in [0.1, 0.15) is 69.9 Å². The highest BCUT2D eigenvalue weighted by Gasteiger charge is 2.57. The van der Waals surface area contributed by atoms with Crippen molar-refractivity contribution in [1.82, 2.24) is 0 Å². The van der Waals surface area contributed by atoms with E-state index in [0.717, 1.165) is 32.1 Å². The topological polar surface area (TPSA) is 66.8 Å². The smallest absolute Gasteiger partial charge is 0.306 e. The minimum Gasteiger partial charge on any atom is -0.508 e. The summed E-state index contributed by atoms with van der Waals surface area (Å²) in [4.78, 5) is 12.5. The summed E-state index contributed by atoms with van der Waals surface area (Å²) in [6, 6.07) is 5.74. The third kappa shape index (κ3) is 3.16. The number of hydrogen-bond donors (Lipinski definition) is 2. The summed E-state index contributed by atoms with van der Waals surface area (Å²) in [5.74, 6) is 1.69. The van der Waals surface area contributed by atoms with Gasteiger partial charge in [-0.05, 0) is 98.3 Å². The summed E-state index contributed by atoms with van der Waals surface area (Å²) in [5.41, 5.74) is 2.42. The molecule has 1 unspecified atom stereocenters. The number of phenols is 1. The van der Waals surface area contributed by atoms with Gasteiger partial charge < -0.3 is 14.9 Å². The van der Waals surface area contributed by atoms with Gasteiger partial charge in [0.2, 0.25) is 0 Å². The predicted molar refractivity (Wildman–Crippen MR) is 103 cm³/mol. The lowest BCUT2D eigenvalue weighted by atomic mass is 9.51. The van der Waals surface area contributed by atoms with Gasteiger partial charge in [-0.25, -0.2) is 0 Å². The molecule has 1 aromatic rings. The molecule has 4 heteroatoms. The average molecular weight is 373 g/mol. The Hall–Kier alpha value is -1.55. The largest absolute Gasteiger partial charge is 0.508 e. The summed E-state index contributed by atoms with van der Waals surface area (Å²) in [6.45, 7) is 6.01. The number of ether oxygens (including phenoxy) is 1. The molecule has 4 nitrogen and oxygen atoms in total. The number of carbonyl (C=O) groups excluding carboxylic acids is 1. The van der Waals surface area contributed by atoms with E-state index >= 15 is 0 Å². The molecule has 0 saturated heterocycles. The molecule has 0 radical (unpaired) electrons. The van der Waals surface area contributed by atoms with Gasteiger partial charge in [-0.2, -0.15) is 0 Å². The quantitative estimate of drug-likeness (QED) is 0.781. The zero-order valence-electron chi connectivity index (χ0n) is 16.6. The van der Waals surface area contributed by atoms with Gasteiger partial charge in [-0.15, -0.1) is 0 Å². The fraction of sp³-hybridized carbons (Fsp3) is 0.696. The standard InChI is InChI=1S/C23H32O4/c1-13(2)27-21(26)11-15-12-23(3)19(8-9-20(23)25)18-6-4-14-10-16(24)5-7-17(14)22(15)18/h5,7,10,13,15,18-20,22,24-25H,4,6,8-9,11-12H2,1-3H3/t15-,18-,19-,20?,22+,23-/m0/s1. The Balaban J connectivity index is 1.71. The number of phenolic OH excluding ortho intramolecular Hbond substituents is 1. The van der Waals surface area contributed by atoms with Crippen LogP contribution in [0.4, 0.5) is 0 Å². The third-order valence-corrected chi connectivity index (χ3v) is 7.58. The van der Waals surface area contributed by atoms with E-state index in [1.807, 2.05) is 19.9 Å². The Kier molecular flexibility index (Phi) is 4.74. The van der Waals surface area contributed by atoms with Crippen LogP contribution in [0.5, 0.6) is 5.75 Å². The summed E-state index contributed by atoms with van der Waals surface area (Å²) >= 11 is 0. The molecule has 0 heterocycles. The molecule has 2 N–H and O–H groups in total. The van der Waals surface area contributed by atoms with Crippen LogP contribution in [0, 0.1) is 23.2 Å². The molecule has 0 amide bonds. The lowest BCUT2D eigenvalue weighted by Gasteiger charge is -2.53. The van der Waals surface area contributed by atoms with Gasteiger partial charge in [-0.3, -0.25) is 4.79 Å². The normalized spacial score (nSPS) is 37.4. The number of benzene rings is 1. The Morgan fingerprint density at radius 3 is 2.81 bits per heavy atom. The summed E-state index contributed by atoms with van der Waals surface area (Å²) < 4.78 is 5.47. The molecule has 148 valence electrons. The number of rotatable bonds is 3. The van der Waals surface area contributed by atoms with Gasteiger partial charge in [0.1, 0.15) is 5.75 Å². The highest BCUT2D eigenvalue weighted by molar-refractivity contribution is 5.70. The van der Waals surface area contributed by atoms with Crippen molar-refractivity contribution in [3.63, 3.8) is 0 Å². The molecule has 3 aliphatic rings. The van der Waals surface area contributed by atoms with E-state index in [0.29, 0.717) is 29.9 Å². The number of carbonyl (C=O) groups is 1. The molecule has 0 aliphatic heterocycles. The Bertz CT molecular complexity index is 727. The number of aliphatic hydroxyl groups is 1. The maximum absolute atomic E-state index is 12.5. The van der Waals surface area contributed by atoms with E-state index < -0.39 is 0 Å². The first-order valence-corrected chi connectivity index (χ1v) is 10.5. The van der Waals surface area contributed by atoms with E-state index in [-0.39, 0.29) is 29.5 Å². The highest BCUT2D eigenvalue weighted by Crippen LogP contribution is 2.63. The third-order valence-electron chi connectivity index (χ3n) is 7.58. The second-order valence-electron chi connectivity index (χ2n) is 9.52. The molecule has 27 heavy (non-hydrogen) atoms. The van der Waals surface area contributed by atoms with Crippen molar-refractivity contribution in [3.05, 3.63) is 29.3 Å². The van der Waals surface area contributed by atoms with E-state index in [2.05, 4.69) is 13.0 Å². The van der Waals surface area contributed by atoms with Crippen molar-refractivity contribution in [1.29, 1.82) is 0 Å². The van der Waals surface area contributed by atoms with Crippen LogP contribution in [0.15, 0.2) is 18.2 Å². The van der Waals surface area contributed by atoms with Crippen LogP contribution >= 0.6 is 0 Å². The first-order chi connectivity index (χ1) is 12.8. The maximum Gasteiger partial charge on any atom is 0.306 e. The number of aromatic hydroxyl groups is 1. The van der Waals surface area contributed by atoms with Crippen molar-refractivity contribution in [2.45, 2.75) is 77.4 Å². The molecule has 0 aromatic heterocycles. The van der Waals surface area contributed by atoms with E-state index in [9.17, 15) is 15.0 Å². The van der Waals surface area contributed by atoms with E-state index in [1.165, 1.54) is 11.1 Å². The molecule has 2 fully saturated rings. The van der Waals surface area contributed by atoms with Crippen molar-refractivity contribution >= 4 is 5.97 Å². The second-order valence-corrected chi connectivity index (χ2v) is 9.52. The molecular formula is C23H32O4. The monoisotopic (exact) mass is 372 g/mol. The lowest BCUT2D eigenvalue weighted by molar-refractivity contribution is -0.150. The Morgan fingerprint density at radius 1 is 1.30 bits per heavy atom. The predicted octanol–water partition coefficient (Wildman–Crippen LogP) is 4.18. The number of aryl methyl sites for hydroxylation is 1.